The zero-order chi connectivity index (χ0) is 13.0. The first kappa shape index (κ1) is 11.1. The third-order valence-corrected chi connectivity index (χ3v) is 4.33. The number of likely N-dealkylation sites (N-methyl/N-ethyl adjacent to an activating group) is 1. The van der Waals surface area contributed by atoms with E-state index in [1.165, 1.54) is 0 Å². The third kappa shape index (κ3) is 1.54. The number of hydrogen-bond donors (Lipinski definition) is 1. The number of benzene rings is 1. The van der Waals surface area contributed by atoms with Crippen LogP contribution in [0.5, 0.6) is 5.75 Å². The highest BCUT2D eigenvalue weighted by Crippen LogP contribution is 2.40. The Balaban J connectivity index is 1.77. The quantitative estimate of drug-likeness (QED) is 0.734. The smallest absolute Gasteiger partial charge is 0.252 e. The molecule has 4 rings (SSSR count). The van der Waals surface area contributed by atoms with Crippen molar-refractivity contribution < 1.29 is 9.53 Å². The summed E-state index contributed by atoms with van der Waals surface area (Å²) in [4.78, 5) is 16.5. The number of nitrogens with zero attached hydrogens (tertiary/aromatic N) is 2. The van der Waals surface area contributed by atoms with E-state index in [9.17, 15) is 4.79 Å². The van der Waals surface area contributed by atoms with Crippen LogP contribution in [0.2, 0.25) is 0 Å². The van der Waals surface area contributed by atoms with Crippen molar-refractivity contribution in [1.29, 1.82) is 0 Å². The number of anilines is 1. The fraction of sp³-hybridized carbons (Fsp3) is 0.500. The summed E-state index contributed by atoms with van der Waals surface area (Å²) < 4.78 is 5.97. The molecule has 1 aromatic carbocycles. The first-order chi connectivity index (χ1) is 9.24. The lowest BCUT2D eigenvalue weighted by Crippen LogP contribution is -2.56. The molecule has 3 aliphatic rings. The number of carbonyl (C=O) groups is 1. The van der Waals surface area contributed by atoms with Gasteiger partial charge in [0.15, 0.2) is 0 Å². The summed E-state index contributed by atoms with van der Waals surface area (Å²) in [5.41, 5.74) is 2.95. The van der Waals surface area contributed by atoms with E-state index in [-0.39, 0.29) is 5.91 Å². The van der Waals surface area contributed by atoms with Crippen molar-refractivity contribution in [2.45, 2.75) is 12.6 Å². The minimum Gasteiger partial charge on any atom is -0.489 e. The number of amides is 1. The molecule has 0 aromatic heterocycles. The van der Waals surface area contributed by atoms with E-state index in [1.54, 1.807) is 0 Å². The van der Waals surface area contributed by atoms with Crippen LogP contribution in [0, 0.1) is 0 Å². The van der Waals surface area contributed by atoms with Crippen molar-refractivity contribution in [1.82, 2.24) is 10.2 Å². The van der Waals surface area contributed by atoms with Gasteiger partial charge in [-0.15, -0.1) is 0 Å². The van der Waals surface area contributed by atoms with Crippen LogP contribution >= 0.6 is 0 Å². The lowest BCUT2D eigenvalue weighted by atomic mass is 10.0. The largest absolute Gasteiger partial charge is 0.489 e. The monoisotopic (exact) mass is 259 g/mol. The van der Waals surface area contributed by atoms with Gasteiger partial charge in [0, 0.05) is 37.3 Å². The van der Waals surface area contributed by atoms with Crippen LogP contribution < -0.4 is 15.0 Å². The summed E-state index contributed by atoms with van der Waals surface area (Å²) in [6, 6.07) is 4.39. The standard InChI is InChI=1S/C14H17N3O2/c1-16-4-5-17-9(7-16)8-19-13-11-6-15-14(18)10(11)2-3-12(13)17/h2-3,9H,4-8H2,1H3,(H,15,18). The predicted molar refractivity (Wildman–Crippen MR) is 71.7 cm³/mol. The average molecular weight is 259 g/mol. The van der Waals surface area contributed by atoms with E-state index in [0.717, 1.165) is 42.2 Å². The molecule has 1 atom stereocenters. The second-order valence-corrected chi connectivity index (χ2v) is 5.54. The van der Waals surface area contributed by atoms with Gasteiger partial charge in [-0.1, -0.05) is 0 Å². The summed E-state index contributed by atoms with van der Waals surface area (Å²) in [5.74, 6) is 0.929. The van der Waals surface area contributed by atoms with Crippen LogP contribution in [0.25, 0.3) is 0 Å². The molecule has 1 fully saturated rings. The highest BCUT2D eigenvalue weighted by molar-refractivity contribution is 6.00. The molecule has 3 heterocycles. The molecule has 1 amide bonds. The summed E-state index contributed by atoms with van der Waals surface area (Å²) in [7, 11) is 2.15. The highest BCUT2D eigenvalue weighted by Gasteiger charge is 2.35. The molecule has 1 N–H and O–H groups in total. The lowest BCUT2D eigenvalue weighted by Gasteiger charge is -2.45. The molecule has 5 nitrogen and oxygen atoms in total. The van der Waals surface area contributed by atoms with E-state index in [4.69, 9.17) is 4.74 Å². The maximum Gasteiger partial charge on any atom is 0.252 e. The van der Waals surface area contributed by atoms with Gasteiger partial charge >= 0.3 is 0 Å². The van der Waals surface area contributed by atoms with Crippen LogP contribution in [0.3, 0.4) is 0 Å². The molecule has 0 aliphatic carbocycles. The molecule has 1 saturated heterocycles. The Bertz CT molecular complexity index is 558. The lowest BCUT2D eigenvalue weighted by molar-refractivity contribution is 0.0966. The molecule has 5 heteroatoms. The van der Waals surface area contributed by atoms with Gasteiger partial charge in [-0.25, -0.2) is 0 Å². The fourth-order valence-electron chi connectivity index (χ4n) is 3.30. The number of piperazine rings is 1. The number of ether oxygens (including phenoxy) is 1. The Morgan fingerprint density at radius 1 is 1.37 bits per heavy atom. The summed E-state index contributed by atoms with van der Waals surface area (Å²) >= 11 is 0. The minimum atomic E-state index is 0.0156. The molecular weight excluding hydrogens is 242 g/mol. The van der Waals surface area contributed by atoms with Crippen LogP contribution in [0.15, 0.2) is 12.1 Å². The second-order valence-electron chi connectivity index (χ2n) is 5.54. The van der Waals surface area contributed by atoms with E-state index in [0.29, 0.717) is 19.2 Å². The van der Waals surface area contributed by atoms with Gasteiger partial charge in [-0.05, 0) is 19.2 Å². The van der Waals surface area contributed by atoms with Crippen molar-refractivity contribution >= 4 is 11.6 Å². The molecule has 0 bridgehead atoms. The third-order valence-electron chi connectivity index (χ3n) is 4.33. The van der Waals surface area contributed by atoms with Gasteiger partial charge in [0.1, 0.15) is 12.4 Å². The Morgan fingerprint density at radius 3 is 3.16 bits per heavy atom. The number of rotatable bonds is 0. The van der Waals surface area contributed by atoms with Crippen molar-refractivity contribution in [3.8, 4) is 5.75 Å². The van der Waals surface area contributed by atoms with Gasteiger partial charge in [-0.2, -0.15) is 0 Å². The molecule has 3 aliphatic heterocycles. The van der Waals surface area contributed by atoms with Crippen molar-refractivity contribution in [3.63, 3.8) is 0 Å². The average Bonchev–Trinajstić information content (AvgIpc) is 2.80. The second kappa shape index (κ2) is 3.87. The molecular formula is C14H17N3O2. The first-order valence-electron chi connectivity index (χ1n) is 6.76. The topological polar surface area (TPSA) is 44.8 Å². The molecule has 0 radical (unpaired) electrons. The van der Waals surface area contributed by atoms with Crippen molar-refractivity contribution in [2.75, 3.05) is 38.2 Å². The summed E-state index contributed by atoms with van der Waals surface area (Å²) in [5, 5.41) is 2.87. The fourth-order valence-corrected chi connectivity index (χ4v) is 3.30. The van der Waals surface area contributed by atoms with Gasteiger partial charge in [0.2, 0.25) is 0 Å². The number of hydrogen-bond acceptors (Lipinski definition) is 4. The zero-order valence-corrected chi connectivity index (χ0v) is 11.0. The van der Waals surface area contributed by atoms with E-state index >= 15 is 0 Å². The first-order valence-corrected chi connectivity index (χ1v) is 6.76. The van der Waals surface area contributed by atoms with Gasteiger partial charge in [-0.3, -0.25) is 4.79 Å². The highest BCUT2D eigenvalue weighted by atomic mass is 16.5. The number of carbonyl (C=O) groups excluding carboxylic acids is 1. The van der Waals surface area contributed by atoms with Gasteiger partial charge < -0.3 is 19.9 Å². The minimum absolute atomic E-state index is 0.0156. The summed E-state index contributed by atoms with van der Waals surface area (Å²) in [6.07, 6.45) is 0. The molecule has 1 aromatic rings. The zero-order valence-electron chi connectivity index (χ0n) is 11.0. The van der Waals surface area contributed by atoms with Crippen LogP contribution in [0.4, 0.5) is 5.69 Å². The van der Waals surface area contributed by atoms with Crippen molar-refractivity contribution in [3.05, 3.63) is 23.3 Å². The normalized spacial score (nSPS) is 25.2. The number of nitrogens with one attached hydrogen (secondary N) is 1. The van der Waals surface area contributed by atoms with Crippen LogP contribution in [-0.2, 0) is 6.54 Å². The molecule has 100 valence electrons. The van der Waals surface area contributed by atoms with E-state index < -0.39 is 0 Å². The number of fused-ring (bicyclic) bond motifs is 5. The molecule has 0 saturated carbocycles. The van der Waals surface area contributed by atoms with Crippen molar-refractivity contribution in [2.24, 2.45) is 0 Å². The van der Waals surface area contributed by atoms with Crippen LogP contribution in [0.1, 0.15) is 15.9 Å². The Morgan fingerprint density at radius 2 is 2.26 bits per heavy atom. The van der Waals surface area contributed by atoms with E-state index in [2.05, 4.69) is 22.2 Å². The van der Waals surface area contributed by atoms with Crippen LogP contribution in [-0.4, -0.2) is 50.1 Å². The Hall–Kier alpha value is -1.75. The maximum atomic E-state index is 11.7. The SMILES string of the molecule is CN1CCN2c3ccc4c(c3OCC2C1)CNC4=O. The van der Waals surface area contributed by atoms with Gasteiger partial charge in [0.05, 0.1) is 11.7 Å². The maximum absolute atomic E-state index is 11.7. The molecule has 0 spiro atoms. The predicted octanol–water partition coefficient (Wildman–Crippen LogP) is 0.443. The molecule has 19 heavy (non-hydrogen) atoms. The Labute approximate surface area is 112 Å². The Kier molecular flexibility index (Phi) is 2.26. The van der Waals surface area contributed by atoms with Gasteiger partial charge in [0.25, 0.3) is 5.91 Å². The summed E-state index contributed by atoms with van der Waals surface area (Å²) in [6.45, 7) is 4.44. The molecule has 1 unspecified atom stereocenters. The van der Waals surface area contributed by atoms with E-state index in [1.807, 2.05) is 12.1 Å².